The number of hydrogen-bond donors (Lipinski definition) is 2. The maximum Gasteiger partial charge on any atom is 0.303 e. The second kappa shape index (κ2) is 6.05. The van der Waals surface area contributed by atoms with E-state index in [9.17, 15) is 9.59 Å². The maximum absolute atomic E-state index is 11.8. The molecule has 0 spiro atoms. The second-order valence-corrected chi connectivity index (χ2v) is 5.25. The number of rotatable bonds is 6. The Morgan fingerprint density at radius 3 is 3.14 bits per heavy atom. The molecule has 116 valence electrons. The molecule has 3 aliphatic heterocycles. The van der Waals surface area contributed by atoms with Gasteiger partial charge in [0, 0.05) is 31.3 Å². The van der Waals surface area contributed by atoms with E-state index in [4.69, 9.17) is 9.84 Å². The van der Waals surface area contributed by atoms with Crippen molar-refractivity contribution in [3.05, 3.63) is 35.3 Å². The number of aliphatic imine (C=N–C) groups is 1. The first-order valence-corrected chi connectivity index (χ1v) is 7.24. The number of carboxylic acids is 1. The van der Waals surface area contributed by atoms with Gasteiger partial charge in [0.2, 0.25) is 0 Å². The fourth-order valence-corrected chi connectivity index (χ4v) is 2.52. The van der Waals surface area contributed by atoms with Crippen molar-refractivity contribution in [2.45, 2.75) is 25.7 Å². The van der Waals surface area contributed by atoms with Crippen LogP contribution in [0.25, 0.3) is 0 Å². The van der Waals surface area contributed by atoms with Crippen molar-refractivity contribution in [2.24, 2.45) is 4.99 Å². The molecule has 7 heteroatoms. The van der Waals surface area contributed by atoms with Crippen molar-refractivity contribution >= 4 is 18.0 Å². The lowest BCUT2D eigenvalue weighted by molar-refractivity contribution is -0.137. The number of Topliss-reactive ketones (excluding diaryl/α,β-unsaturated/α-hetero) is 1. The molecule has 2 N–H and O–H groups in total. The van der Waals surface area contributed by atoms with Crippen LogP contribution in [0.15, 0.2) is 40.2 Å². The topological polar surface area (TPSA) is 91.2 Å². The predicted molar refractivity (Wildman–Crippen MR) is 78.6 cm³/mol. The van der Waals surface area contributed by atoms with Gasteiger partial charge in [-0.15, -0.1) is 0 Å². The zero-order valence-corrected chi connectivity index (χ0v) is 12.0. The number of allylic oxidation sites excluding steroid dienone is 2. The SMILES string of the molecule is O=C(O)CCCCOC1=CC2=CNC3=C(N=CCC3=O)N2C1. The number of hydrogen-bond acceptors (Lipinski definition) is 6. The van der Waals surface area contributed by atoms with Crippen molar-refractivity contribution in [1.82, 2.24) is 10.2 Å². The van der Waals surface area contributed by atoms with Crippen LogP contribution < -0.4 is 5.32 Å². The minimum atomic E-state index is -0.785. The number of carboxylic acid groups (broad SMARTS) is 1. The highest BCUT2D eigenvalue weighted by Gasteiger charge is 2.31. The summed E-state index contributed by atoms with van der Waals surface area (Å²) in [5.41, 5.74) is 1.44. The lowest BCUT2D eigenvalue weighted by Gasteiger charge is -2.28. The van der Waals surface area contributed by atoms with E-state index in [-0.39, 0.29) is 12.2 Å². The molecule has 0 atom stereocenters. The molecular formula is C15H17N3O4. The molecule has 0 aromatic heterocycles. The van der Waals surface area contributed by atoms with Gasteiger partial charge in [0.1, 0.15) is 11.5 Å². The van der Waals surface area contributed by atoms with Gasteiger partial charge in [-0.25, -0.2) is 4.99 Å². The number of aliphatic carboxylic acids is 1. The van der Waals surface area contributed by atoms with Gasteiger partial charge in [-0.1, -0.05) is 0 Å². The Morgan fingerprint density at radius 1 is 1.45 bits per heavy atom. The number of carbonyl (C=O) groups excluding carboxylic acids is 1. The van der Waals surface area contributed by atoms with Gasteiger partial charge >= 0.3 is 5.97 Å². The largest absolute Gasteiger partial charge is 0.496 e. The first kappa shape index (κ1) is 14.4. The molecule has 0 unspecified atom stereocenters. The third-order valence-corrected chi connectivity index (χ3v) is 3.62. The molecule has 0 fully saturated rings. The highest BCUT2D eigenvalue weighted by atomic mass is 16.5. The molecule has 0 saturated carbocycles. The first-order chi connectivity index (χ1) is 10.6. The molecule has 0 aromatic rings. The molecule has 0 aliphatic carbocycles. The standard InChI is InChI=1S/C15H17N3O4/c19-12-4-5-16-15-14(12)17-8-10-7-11(9-18(10)15)22-6-2-1-3-13(20)21/h5,7-8,17H,1-4,6,9H2,(H,20,21). The lowest BCUT2D eigenvalue weighted by atomic mass is 10.1. The van der Waals surface area contributed by atoms with E-state index in [1.54, 1.807) is 12.4 Å². The summed E-state index contributed by atoms with van der Waals surface area (Å²) in [4.78, 5) is 28.5. The van der Waals surface area contributed by atoms with Crippen molar-refractivity contribution in [3.8, 4) is 0 Å². The third kappa shape index (κ3) is 2.88. The first-order valence-electron chi connectivity index (χ1n) is 7.24. The molecule has 0 bridgehead atoms. The summed E-state index contributed by atoms with van der Waals surface area (Å²) in [6.07, 6.45) is 7.09. The Morgan fingerprint density at radius 2 is 2.32 bits per heavy atom. The van der Waals surface area contributed by atoms with Crippen LogP contribution >= 0.6 is 0 Å². The summed E-state index contributed by atoms with van der Waals surface area (Å²) >= 11 is 0. The van der Waals surface area contributed by atoms with E-state index in [0.29, 0.717) is 43.9 Å². The highest BCUT2D eigenvalue weighted by Crippen LogP contribution is 2.31. The Bertz CT molecular complexity index is 631. The van der Waals surface area contributed by atoms with Crippen LogP contribution in [-0.4, -0.2) is 41.1 Å². The Hall–Kier alpha value is -2.57. The summed E-state index contributed by atoms with van der Waals surface area (Å²) in [5, 5.41) is 11.6. The fraction of sp³-hybridized carbons (Fsp3) is 0.400. The lowest BCUT2D eigenvalue weighted by Crippen LogP contribution is -2.33. The van der Waals surface area contributed by atoms with Crippen molar-refractivity contribution in [3.63, 3.8) is 0 Å². The van der Waals surface area contributed by atoms with Gasteiger partial charge in [-0.05, 0) is 12.8 Å². The summed E-state index contributed by atoms with van der Waals surface area (Å²) in [6.45, 7) is 1.03. The molecule has 0 amide bonds. The summed E-state index contributed by atoms with van der Waals surface area (Å²) in [5.74, 6) is 0.677. The van der Waals surface area contributed by atoms with Gasteiger partial charge in [0.25, 0.3) is 0 Å². The quantitative estimate of drug-likeness (QED) is 0.714. The molecule has 7 nitrogen and oxygen atoms in total. The van der Waals surface area contributed by atoms with E-state index in [1.807, 2.05) is 11.0 Å². The summed E-state index contributed by atoms with van der Waals surface area (Å²) in [7, 11) is 0. The third-order valence-electron chi connectivity index (χ3n) is 3.62. The molecule has 0 radical (unpaired) electrons. The molecule has 22 heavy (non-hydrogen) atoms. The second-order valence-electron chi connectivity index (χ2n) is 5.25. The van der Waals surface area contributed by atoms with Gasteiger partial charge in [0.15, 0.2) is 11.6 Å². The van der Waals surface area contributed by atoms with Crippen LogP contribution in [-0.2, 0) is 14.3 Å². The summed E-state index contributed by atoms with van der Waals surface area (Å²) in [6, 6.07) is 0. The van der Waals surface area contributed by atoms with Crippen molar-refractivity contribution < 1.29 is 19.4 Å². The van der Waals surface area contributed by atoms with Crippen LogP contribution in [0.2, 0.25) is 0 Å². The number of ether oxygens (including phenoxy) is 1. The maximum atomic E-state index is 11.8. The molecule has 3 aliphatic rings. The minimum Gasteiger partial charge on any atom is -0.496 e. The number of nitrogens with one attached hydrogen (secondary N) is 1. The Kier molecular flexibility index (Phi) is 3.95. The smallest absolute Gasteiger partial charge is 0.303 e. The average Bonchev–Trinajstić information content (AvgIpc) is 2.90. The van der Waals surface area contributed by atoms with E-state index in [0.717, 1.165) is 11.5 Å². The van der Waals surface area contributed by atoms with Gasteiger partial charge in [0.05, 0.1) is 18.8 Å². The molecular weight excluding hydrogens is 286 g/mol. The zero-order valence-electron chi connectivity index (χ0n) is 12.0. The van der Waals surface area contributed by atoms with Crippen LogP contribution in [0.3, 0.4) is 0 Å². The molecule has 0 aromatic carbocycles. The van der Waals surface area contributed by atoms with E-state index < -0.39 is 5.97 Å². The van der Waals surface area contributed by atoms with Crippen LogP contribution in [0.4, 0.5) is 0 Å². The molecule has 3 heterocycles. The highest BCUT2D eigenvalue weighted by molar-refractivity contribution is 6.05. The zero-order chi connectivity index (χ0) is 15.5. The monoisotopic (exact) mass is 303 g/mol. The Balaban J connectivity index is 1.55. The number of fused-ring (bicyclic) bond motifs is 2. The minimum absolute atomic E-state index is 0.0309. The fourth-order valence-electron chi connectivity index (χ4n) is 2.52. The average molecular weight is 303 g/mol. The van der Waals surface area contributed by atoms with Crippen LogP contribution in [0.1, 0.15) is 25.7 Å². The number of unbranched alkanes of at least 4 members (excludes halogenated alkanes) is 1. The molecule has 0 saturated heterocycles. The van der Waals surface area contributed by atoms with Gasteiger partial charge < -0.3 is 20.1 Å². The van der Waals surface area contributed by atoms with E-state index >= 15 is 0 Å². The normalized spacial score (nSPS) is 19.3. The van der Waals surface area contributed by atoms with Crippen molar-refractivity contribution in [1.29, 1.82) is 0 Å². The number of nitrogens with zero attached hydrogens (tertiary/aromatic N) is 2. The Labute approximate surface area is 127 Å². The van der Waals surface area contributed by atoms with Crippen molar-refractivity contribution in [2.75, 3.05) is 13.2 Å². The number of ketones is 1. The molecule has 3 rings (SSSR count). The van der Waals surface area contributed by atoms with E-state index in [1.165, 1.54) is 0 Å². The van der Waals surface area contributed by atoms with Crippen LogP contribution in [0.5, 0.6) is 0 Å². The van der Waals surface area contributed by atoms with Gasteiger partial charge in [-0.3, -0.25) is 9.59 Å². The summed E-state index contributed by atoms with van der Waals surface area (Å²) < 4.78 is 5.68. The predicted octanol–water partition coefficient (Wildman–Crippen LogP) is 1.11. The van der Waals surface area contributed by atoms with Crippen LogP contribution in [0, 0.1) is 0 Å². The van der Waals surface area contributed by atoms with Gasteiger partial charge in [-0.2, -0.15) is 0 Å². The van der Waals surface area contributed by atoms with E-state index in [2.05, 4.69) is 10.3 Å². The number of carbonyl (C=O) groups is 2.